The first-order valence-electron chi connectivity index (χ1n) is 4.45. The molecule has 5 nitrogen and oxygen atoms in total. The first kappa shape index (κ1) is 11.5. The molecule has 0 aliphatic carbocycles. The lowest BCUT2D eigenvalue weighted by molar-refractivity contribution is 0.0531. The van der Waals surface area contributed by atoms with E-state index in [9.17, 15) is 4.79 Å². The van der Waals surface area contributed by atoms with E-state index in [2.05, 4.69) is 0 Å². The van der Waals surface area contributed by atoms with Gasteiger partial charge in [-0.3, -0.25) is 4.79 Å². The lowest BCUT2D eigenvalue weighted by Crippen LogP contribution is -2.22. The van der Waals surface area contributed by atoms with Crippen molar-refractivity contribution in [1.82, 2.24) is 0 Å². The molecule has 0 saturated carbocycles. The molecule has 1 aromatic carbocycles. The van der Waals surface area contributed by atoms with E-state index in [0.29, 0.717) is 5.75 Å². The van der Waals surface area contributed by atoms with Gasteiger partial charge in [0.25, 0.3) is 5.91 Å². The average Bonchev–Trinajstić information content (AvgIpc) is 2.26. The normalized spacial score (nSPS) is 12.1. The van der Waals surface area contributed by atoms with Gasteiger partial charge in [0.1, 0.15) is 18.5 Å². The predicted octanol–water partition coefficient (Wildman–Crippen LogP) is -0.483. The molecule has 0 aliphatic heterocycles. The summed E-state index contributed by atoms with van der Waals surface area (Å²) in [4.78, 5) is 11.0. The van der Waals surface area contributed by atoms with Crippen LogP contribution in [-0.2, 0) is 0 Å². The Balaban J connectivity index is 2.72. The summed E-state index contributed by atoms with van der Waals surface area (Å²) in [6, 6.07) is 6.45. The van der Waals surface area contributed by atoms with Crippen molar-refractivity contribution in [2.45, 2.75) is 6.10 Å². The fraction of sp³-hybridized carbons (Fsp3) is 0.300. The molecule has 0 aromatic heterocycles. The molecule has 5 heteroatoms. The number of carbonyl (C=O) groups excluding carboxylic acids is 1. The Morgan fingerprint density at radius 1 is 1.47 bits per heavy atom. The molecule has 0 heterocycles. The zero-order chi connectivity index (χ0) is 11.3. The third-order valence-corrected chi connectivity index (χ3v) is 1.79. The van der Waals surface area contributed by atoms with E-state index in [4.69, 9.17) is 20.7 Å². The highest BCUT2D eigenvalue weighted by Crippen LogP contribution is 2.17. The van der Waals surface area contributed by atoms with Crippen LogP contribution in [0.3, 0.4) is 0 Å². The van der Waals surface area contributed by atoms with E-state index in [1.807, 2.05) is 0 Å². The maximum atomic E-state index is 11.0. The average molecular weight is 211 g/mol. The van der Waals surface area contributed by atoms with E-state index in [-0.39, 0.29) is 12.2 Å². The number of hydrogen-bond acceptors (Lipinski definition) is 4. The molecule has 0 spiro atoms. The molecule has 0 saturated heterocycles. The highest BCUT2D eigenvalue weighted by molar-refractivity contribution is 5.95. The summed E-state index contributed by atoms with van der Waals surface area (Å²) in [6.07, 6.45) is -0.967. The summed E-state index contributed by atoms with van der Waals surface area (Å²) in [5, 5.41) is 17.6. The van der Waals surface area contributed by atoms with Crippen LogP contribution >= 0.6 is 0 Å². The van der Waals surface area contributed by atoms with Crippen LogP contribution < -0.4 is 10.5 Å². The molecule has 82 valence electrons. The van der Waals surface area contributed by atoms with Crippen LogP contribution in [0.5, 0.6) is 5.75 Å². The summed E-state index contributed by atoms with van der Waals surface area (Å²) >= 11 is 0. The van der Waals surface area contributed by atoms with Crippen LogP contribution in [0.1, 0.15) is 10.4 Å². The second kappa shape index (κ2) is 5.33. The van der Waals surface area contributed by atoms with Crippen LogP contribution in [-0.4, -0.2) is 35.4 Å². The van der Waals surface area contributed by atoms with Crippen LogP contribution in [0.4, 0.5) is 0 Å². The van der Waals surface area contributed by atoms with Crippen LogP contribution in [0.2, 0.25) is 0 Å². The molecule has 0 fully saturated rings. The summed E-state index contributed by atoms with van der Waals surface area (Å²) in [5.41, 5.74) is 5.38. The number of primary amides is 1. The van der Waals surface area contributed by atoms with E-state index in [1.165, 1.54) is 6.07 Å². The standard InChI is InChI=1S/C10H13NO4/c11-10(14)8-3-1-2-4-9(8)15-6-7(13)5-12/h1-4,7,12-13H,5-6H2,(H2,11,14)/t7-/m0/s1. The van der Waals surface area contributed by atoms with Gasteiger partial charge in [-0.1, -0.05) is 12.1 Å². The Morgan fingerprint density at radius 3 is 2.73 bits per heavy atom. The second-order valence-electron chi connectivity index (χ2n) is 3.01. The molecule has 1 atom stereocenters. The van der Waals surface area contributed by atoms with Gasteiger partial charge >= 0.3 is 0 Å². The van der Waals surface area contributed by atoms with Gasteiger partial charge in [0.05, 0.1) is 12.2 Å². The third-order valence-electron chi connectivity index (χ3n) is 1.79. The number of amides is 1. The largest absolute Gasteiger partial charge is 0.490 e. The maximum Gasteiger partial charge on any atom is 0.252 e. The maximum absolute atomic E-state index is 11.0. The fourth-order valence-electron chi connectivity index (χ4n) is 1.03. The van der Waals surface area contributed by atoms with Gasteiger partial charge < -0.3 is 20.7 Å². The van der Waals surface area contributed by atoms with E-state index in [1.54, 1.807) is 18.2 Å². The summed E-state index contributed by atoms with van der Waals surface area (Å²) in [5.74, 6) is -0.290. The minimum atomic E-state index is -0.967. The van der Waals surface area contributed by atoms with Gasteiger partial charge in [-0.15, -0.1) is 0 Å². The van der Waals surface area contributed by atoms with Crippen LogP contribution in [0, 0.1) is 0 Å². The monoisotopic (exact) mass is 211 g/mol. The van der Waals surface area contributed by atoms with Gasteiger partial charge in [-0.25, -0.2) is 0 Å². The number of benzene rings is 1. The minimum Gasteiger partial charge on any atom is -0.490 e. The first-order chi connectivity index (χ1) is 7.15. The zero-order valence-electron chi connectivity index (χ0n) is 8.09. The number of aliphatic hydroxyl groups excluding tert-OH is 2. The van der Waals surface area contributed by atoms with Gasteiger partial charge in [-0.05, 0) is 12.1 Å². The fourth-order valence-corrected chi connectivity index (χ4v) is 1.03. The molecule has 15 heavy (non-hydrogen) atoms. The van der Waals surface area contributed by atoms with Crippen molar-refractivity contribution in [2.24, 2.45) is 5.73 Å². The molecule has 0 aliphatic rings. The number of aliphatic hydroxyl groups is 2. The molecule has 1 rings (SSSR count). The van der Waals surface area contributed by atoms with E-state index >= 15 is 0 Å². The summed E-state index contributed by atoms with van der Waals surface area (Å²) < 4.78 is 5.14. The van der Waals surface area contributed by atoms with Crippen molar-refractivity contribution >= 4 is 5.91 Å². The SMILES string of the molecule is NC(=O)c1ccccc1OC[C@@H](O)CO. The highest BCUT2D eigenvalue weighted by Gasteiger charge is 2.09. The van der Waals surface area contributed by atoms with Crippen molar-refractivity contribution in [3.63, 3.8) is 0 Å². The quantitative estimate of drug-likeness (QED) is 0.613. The summed E-state index contributed by atoms with van der Waals surface area (Å²) in [6.45, 7) is -0.473. The smallest absolute Gasteiger partial charge is 0.252 e. The molecular weight excluding hydrogens is 198 g/mol. The topological polar surface area (TPSA) is 92.8 Å². The van der Waals surface area contributed by atoms with Crippen LogP contribution in [0.25, 0.3) is 0 Å². The van der Waals surface area contributed by atoms with Gasteiger partial charge in [-0.2, -0.15) is 0 Å². The minimum absolute atomic E-state index is 0.0825. The van der Waals surface area contributed by atoms with Crippen molar-refractivity contribution in [1.29, 1.82) is 0 Å². The van der Waals surface area contributed by atoms with Crippen molar-refractivity contribution < 1.29 is 19.7 Å². The number of hydrogen-bond donors (Lipinski definition) is 3. The highest BCUT2D eigenvalue weighted by atomic mass is 16.5. The van der Waals surface area contributed by atoms with Crippen LogP contribution in [0.15, 0.2) is 24.3 Å². The van der Waals surface area contributed by atoms with Crippen molar-refractivity contribution in [3.8, 4) is 5.75 Å². The molecule has 1 amide bonds. The Morgan fingerprint density at radius 2 is 2.13 bits per heavy atom. The van der Waals surface area contributed by atoms with E-state index in [0.717, 1.165) is 0 Å². The summed E-state index contributed by atoms with van der Waals surface area (Å²) in [7, 11) is 0. The Labute approximate surface area is 87.1 Å². The number of para-hydroxylation sites is 1. The van der Waals surface area contributed by atoms with Crippen molar-refractivity contribution in [2.75, 3.05) is 13.2 Å². The number of carbonyl (C=O) groups is 1. The lowest BCUT2D eigenvalue weighted by Gasteiger charge is -2.11. The molecule has 1 aromatic rings. The van der Waals surface area contributed by atoms with Gasteiger partial charge in [0.15, 0.2) is 0 Å². The Hall–Kier alpha value is -1.59. The molecular formula is C10H13NO4. The Bertz CT molecular complexity index is 340. The first-order valence-corrected chi connectivity index (χ1v) is 4.45. The zero-order valence-corrected chi connectivity index (χ0v) is 8.09. The molecule has 0 unspecified atom stereocenters. The van der Waals surface area contributed by atoms with Gasteiger partial charge in [0.2, 0.25) is 0 Å². The Kier molecular flexibility index (Phi) is 4.08. The van der Waals surface area contributed by atoms with E-state index < -0.39 is 18.6 Å². The lowest BCUT2D eigenvalue weighted by atomic mass is 10.2. The molecule has 0 bridgehead atoms. The second-order valence-corrected chi connectivity index (χ2v) is 3.01. The molecule has 0 radical (unpaired) electrons. The number of ether oxygens (including phenoxy) is 1. The number of nitrogens with two attached hydrogens (primary N) is 1. The predicted molar refractivity (Wildman–Crippen MR) is 53.5 cm³/mol. The van der Waals surface area contributed by atoms with Gasteiger partial charge in [0, 0.05) is 0 Å². The number of rotatable bonds is 5. The molecule has 4 N–H and O–H groups in total. The third kappa shape index (κ3) is 3.23. The van der Waals surface area contributed by atoms with Crippen molar-refractivity contribution in [3.05, 3.63) is 29.8 Å².